The fourth-order valence-corrected chi connectivity index (χ4v) is 2.62. The van der Waals surface area contributed by atoms with Crippen molar-refractivity contribution in [1.29, 1.82) is 0 Å². The lowest BCUT2D eigenvalue weighted by atomic mass is 10.1. The van der Waals surface area contributed by atoms with Crippen LogP contribution in [-0.2, 0) is 0 Å². The Balaban J connectivity index is 1.98. The lowest BCUT2D eigenvalue weighted by molar-refractivity contribution is 0.0881. The van der Waals surface area contributed by atoms with Crippen LogP contribution in [0.4, 0.5) is 5.69 Å². The second-order valence-corrected chi connectivity index (χ2v) is 5.65. The number of piperazine rings is 1. The first-order valence-electron chi connectivity index (χ1n) is 7.01. The van der Waals surface area contributed by atoms with Crippen molar-refractivity contribution in [3.63, 3.8) is 0 Å². The number of nitrogens with one attached hydrogen (secondary N) is 1. The third kappa shape index (κ3) is 3.29. The van der Waals surface area contributed by atoms with Crippen LogP contribution >= 0.6 is 0 Å². The highest BCUT2D eigenvalue weighted by atomic mass is 16.1. The van der Waals surface area contributed by atoms with E-state index in [1.807, 2.05) is 19.1 Å². The van der Waals surface area contributed by atoms with Gasteiger partial charge in [0.2, 0.25) is 0 Å². The van der Waals surface area contributed by atoms with Crippen molar-refractivity contribution < 1.29 is 4.79 Å². The number of hydrogen-bond donors (Lipinski definition) is 2. The molecule has 0 aliphatic carbocycles. The molecular weight excluding hydrogens is 252 g/mol. The number of carbonyl (C=O) groups excluding carboxylic acids is 1. The first-order chi connectivity index (χ1) is 9.49. The van der Waals surface area contributed by atoms with E-state index in [9.17, 15) is 4.79 Å². The van der Waals surface area contributed by atoms with Gasteiger partial charge in [-0.05, 0) is 32.6 Å². The molecule has 0 saturated carbocycles. The zero-order valence-electron chi connectivity index (χ0n) is 12.5. The number of aryl methyl sites for hydroxylation is 1. The number of carbonyl (C=O) groups is 1. The minimum atomic E-state index is -0.0813. The number of hydrogen-bond acceptors (Lipinski definition) is 4. The van der Waals surface area contributed by atoms with E-state index in [0.29, 0.717) is 23.8 Å². The summed E-state index contributed by atoms with van der Waals surface area (Å²) in [5.74, 6) is -0.0813. The molecule has 1 aromatic carbocycles. The molecule has 1 amide bonds. The summed E-state index contributed by atoms with van der Waals surface area (Å²) < 4.78 is 0. The van der Waals surface area contributed by atoms with Gasteiger partial charge < -0.3 is 16.0 Å². The smallest absolute Gasteiger partial charge is 0.253 e. The van der Waals surface area contributed by atoms with Crippen LogP contribution in [0.1, 0.15) is 15.9 Å². The summed E-state index contributed by atoms with van der Waals surface area (Å²) in [5.41, 5.74) is 7.95. The summed E-state index contributed by atoms with van der Waals surface area (Å²) in [6, 6.07) is 5.89. The topological polar surface area (TPSA) is 61.6 Å². The van der Waals surface area contributed by atoms with Gasteiger partial charge in [0.15, 0.2) is 0 Å². The largest absolute Gasteiger partial charge is 0.398 e. The highest BCUT2D eigenvalue weighted by molar-refractivity contribution is 6.00. The summed E-state index contributed by atoms with van der Waals surface area (Å²) in [6.07, 6.45) is 0. The molecule has 0 bridgehead atoms. The average Bonchev–Trinajstić information content (AvgIpc) is 2.39. The summed E-state index contributed by atoms with van der Waals surface area (Å²) >= 11 is 0. The van der Waals surface area contributed by atoms with E-state index >= 15 is 0 Å². The van der Waals surface area contributed by atoms with Gasteiger partial charge in [-0.3, -0.25) is 9.69 Å². The van der Waals surface area contributed by atoms with Crippen LogP contribution < -0.4 is 11.1 Å². The summed E-state index contributed by atoms with van der Waals surface area (Å²) in [4.78, 5) is 16.9. The highest BCUT2D eigenvalue weighted by Crippen LogP contribution is 2.16. The van der Waals surface area contributed by atoms with Crippen molar-refractivity contribution in [3.05, 3.63) is 29.3 Å². The maximum atomic E-state index is 12.3. The Kier molecular flexibility index (Phi) is 4.62. The Morgan fingerprint density at radius 3 is 2.85 bits per heavy atom. The van der Waals surface area contributed by atoms with E-state index in [-0.39, 0.29) is 5.91 Å². The number of amides is 1. The Labute approximate surface area is 120 Å². The molecule has 1 saturated heterocycles. The molecule has 20 heavy (non-hydrogen) atoms. The van der Waals surface area contributed by atoms with Crippen LogP contribution in [0.3, 0.4) is 0 Å². The Bertz CT molecular complexity index is 469. The number of nitrogens with two attached hydrogens (primary N) is 1. The van der Waals surface area contributed by atoms with Gasteiger partial charge in [0.1, 0.15) is 0 Å². The molecule has 5 nitrogen and oxygen atoms in total. The molecule has 1 aliphatic heterocycles. The molecule has 1 unspecified atom stereocenters. The number of rotatable bonds is 3. The number of nitrogen functional groups attached to an aromatic ring is 1. The Morgan fingerprint density at radius 1 is 1.40 bits per heavy atom. The van der Waals surface area contributed by atoms with Crippen LogP contribution in [0.2, 0.25) is 0 Å². The zero-order chi connectivity index (χ0) is 14.7. The molecule has 2 rings (SSSR count). The van der Waals surface area contributed by atoms with E-state index in [4.69, 9.17) is 5.73 Å². The number of benzene rings is 1. The van der Waals surface area contributed by atoms with Gasteiger partial charge in [0.05, 0.1) is 5.56 Å². The lowest BCUT2D eigenvalue weighted by Crippen LogP contribution is -2.54. The standard InChI is InChI=1S/C15H24N4O/c1-11-5-4-6-13(16)14(11)15(20)17-9-12-10-18(2)7-8-19(12)3/h4-6,12H,7-10,16H2,1-3H3,(H,17,20). The van der Waals surface area contributed by atoms with E-state index in [0.717, 1.165) is 25.2 Å². The van der Waals surface area contributed by atoms with E-state index in [2.05, 4.69) is 29.2 Å². The number of anilines is 1. The van der Waals surface area contributed by atoms with Crippen LogP contribution in [-0.4, -0.2) is 62.0 Å². The van der Waals surface area contributed by atoms with Crippen molar-refractivity contribution in [3.8, 4) is 0 Å². The Hall–Kier alpha value is -1.59. The fourth-order valence-electron chi connectivity index (χ4n) is 2.62. The van der Waals surface area contributed by atoms with Gasteiger partial charge in [-0.2, -0.15) is 0 Å². The van der Waals surface area contributed by atoms with Gasteiger partial charge in [-0.1, -0.05) is 12.1 Å². The van der Waals surface area contributed by atoms with Crippen molar-refractivity contribution in [2.24, 2.45) is 0 Å². The second-order valence-electron chi connectivity index (χ2n) is 5.65. The van der Waals surface area contributed by atoms with Gasteiger partial charge in [-0.25, -0.2) is 0 Å². The van der Waals surface area contributed by atoms with Crippen LogP contribution in [0.5, 0.6) is 0 Å². The molecule has 1 atom stereocenters. The van der Waals surface area contributed by atoms with Crippen molar-refractivity contribution in [2.45, 2.75) is 13.0 Å². The van der Waals surface area contributed by atoms with E-state index in [1.165, 1.54) is 0 Å². The minimum absolute atomic E-state index is 0.0813. The van der Waals surface area contributed by atoms with Gasteiger partial charge in [-0.15, -0.1) is 0 Å². The molecule has 110 valence electrons. The molecular formula is C15H24N4O. The van der Waals surface area contributed by atoms with Crippen LogP contribution in [0, 0.1) is 6.92 Å². The van der Waals surface area contributed by atoms with E-state index in [1.54, 1.807) is 6.07 Å². The highest BCUT2D eigenvalue weighted by Gasteiger charge is 2.23. The summed E-state index contributed by atoms with van der Waals surface area (Å²) in [7, 11) is 4.22. The molecule has 3 N–H and O–H groups in total. The first-order valence-corrected chi connectivity index (χ1v) is 7.01. The summed E-state index contributed by atoms with van der Waals surface area (Å²) in [5, 5.41) is 3.01. The molecule has 1 aliphatic rings. The summed E-state index contributed by atoms with van der Waals surface area (Å²) in [6.45, 7) is 5.63. The van der Waals surface area contributed by atoms with Crippen LogP contribution in [0.15, 0.2) is 18.2 Å². The SMILES string of the molecule is Cc1cccc(N)c1C(=O)NCC1CN(C)CCN1C. The molecule has 1 fully saturated rings. The van der Waals surface area contributed by atoms with Gasteiger partial charge >= 0.3 is 0 Å². The first kappa shape index (κ1) is 14.8. The molecule has 1 heterocycles. The van der Waals surface area contributed by atoms with Crippen molar-refractivity contribution >= 4 is 11.6 Å². The van der Waals surface area contributed by atoms with E-state index < -0.39 is 0 Å². The minimum Gasteiger partial charge on any atom is -0.398 e. The third-order valence-electron chi connectivity index (χ3n) is 4.01. The van der Waals surface area contributed by atoms with Crippen LogP contribution in [0.25, 0.3) is 0 Å². The van der Waals surface area contributed by atoms with Crippen molar-refractivity contribution in [1.82, 2.24) is 15.1 Å². The average molecular weight is 276 g/mol. The molecule has 1 aromatic rings. The fraction of sp³-hybridized carbons (Fsp3) is 0.533. The second kappa shape index (κ2) is 6.24. The predicted octanol–water partition coefficient (Wildman–Crippen LogP) is 0.553. The molecule has 0 aromatic heterocycles. The third-order valence-corrected chi connectivity index (χ3v) is 4.01. The molecule has 5 heteroatoms. The lowest BCUT2D eigenvalue weighted by Gasteiger charge is -2.37. The zero-order valence-corrected chi connectivity index (χ0v) is 12.5. The Morgan fingerprint density at radius 2 is 2.15 bits per heavy atom. The van der Waals surface area contributed by atoms with Gasteiger partial charge in [0, 0.05) is 37.9 Å². The monoisotopic (exact) mass is 276 g/mol. The molecule has 0 radical (unpaired) electrons. The molecule has 0 spiro atoms. The maximum absolute atomic E-state index is 12.3. The number of likely N-dealkylation sites (N-methyl/N-ethyl adjacent to an activating group) is 2. The quantitative estimate of drug-likeness (QED) is 0.792. The number of nitrogens with zero attached hydrogens (tertiary/aromatic N) is 2. The van der Waals surface area contributed by atoms with Gasteiger partial charge in [0.25, 0.3) is 5.91 Å². The maximum Gasteiger partial charge on any atom is 0.253 e. The normalized spacial score (nSPS) is 20.9. The van der Waals surface area contributed by atoms with Crippen molar-refractivity contribution in [2.75, 3.05) is 46.0 Å². The predicted molar refractivity (Wildman–Crippen MR) is 81.8 cm³/mol.